The number of hydrogen-bond acceptors (Lipinski definition) is 3. The Hall–Kier alpha value is -0.460. The molecule has 2 rings (SSSR count). The van der Waals surface area contributed by atoms with Gasteiger partial charge in [-0.1, -0.05) is 12.1 Å². The number of rotatable bonds is 3. The molecule has 2 aromatic rings. The van der Waals surface area contributed by atoms with Crippen molar-refractivity contribution in [2.75, 3.05) is 0 Å². The van der Waals surface area contributed by atoms with Crippen LogP contribution in [0.15, 0.2) is 36.0 Å². The van der Waals surface area contributed by atoms with Gasteiger partial charge in [0.2, 0.25) is 0 Å². The van der Waals surface area contributed by atoms with Gasteiger partial charge in [0.15, 0.2) is 0 Å². The van der Waals surface area contributed by atoms with E-state index in [1.165, 1.54) is 3.57 Å². The third-order valence-electron chi connectivity index (χ3n) is 2.47. The van der Waals surface area contributed by atoms with Gasteiger partial charge in [-0.3, -0.25) is 4.98 Å². The number of nitrogens with zero attached hydrogens (tertiary/aromatic N) is 1. The second-order valence-electron chi connectivity index (χ2n) is 3.93. The van der Waals surface area contributed by atoms with Gasteiger partial charge in [-0.2, -0.15) is 0 Å². The van der Waals surface area contributed by atoms with Crippen molar-refractivity contribution in [1.29, 1.82) is 0 Å². The molecule has 1 N–H and O–H groups in total. The Morgan fingerprint density at radius 1 is 1.38 bits per heavy atom. The summed E-state index contributed by atoms with van der Waals surface area (Å²) in [6.07, 6.45) is 2.42. The molecule has 1 aromatic carbocycles. The Bertz CT molecular complexity index is 450. The fourth-order valence-corrected chi connectivity index (χ4v) is 2.68. The summed E-state index contributed by atoms with van der Waals surface area (Å²) in [7, 11) is 0. The van der Waals surface area contributed by atoms with Crippen LogP contribution in [0.25, 0.3) is 0 Å². The Balaban J connectivity index is 2.21. The van der Waals surface area contributed by atoms with Crippen LogP contribution in [-0.4, -0.2) is 10.1 Å². The van der Waals surface area contributed by atoms with Crippen LogP contribution in [0, 0.1) is 3.57 Å². The van der Waals surface area contributed by atoms with Crippen LogP contribution in [0.1, 0.15) is 17.4 Å². The first-order valence-electron chi connectivity index (χ1n) is 4.94. The molecule has 1 aromatic heterocycles. The SMILES string of the molecule is CC(O)(Cc1cncs1)c1ccc(I)cc1. The second-order valence-corrected chi connectivity index (χ2v) is 6.14. The zero-order valence-electron chi connectivity index (χ0n) is 8.85. The lowest BCUT2D eigenvalue weighted by Crippen LogP contribution is -2.23. The monoisotopic (exact) mass is 345 g/mol. The summed E-state index contributed by atoms with van der Waals surface area (Å²) in [5.74, 6) is 0. The van der Waals surface area contributed by atoms with Crippen molar-refractivity contribution in [2.24, 2.45) is 0 Å². The summed E-state index contributed by atoms with van der Waals surface area (Å²) in [6.45, 7) is 1.84. The average molecular weight is 345 g/mol. The maximum absolute atomic E-state index is 10.4. The van der Waals surface area contributed by atoms with E-state index in [1.54, 1.807) is 16.8 Å². The third-order valence-corrected chi connectivity index (χ3v) is 3.97. The van der Waals surface area contributed by atoms with Crippen LogP contribution >= 0.6 is 33.9 Å². The summed E-state index contributed by atoms with van der Waals surface area (Å²) in [5.41, 5.74) is 1.91. The highest BCUT2D eigenvalue weighted by Gasteiger charge is 2.23. The maximum atomic E-state index is 10.4. The van der Waals surface area contributed by atoms with Crippen LogP contribution in [-0.2, 0) is 12.0 Å². The van der Waals surface area contributed by atoms with Gasteiger partial charge in [-0.15, -0.1) is 11.3 Å². The van der Waals surface area contributed by atoms with Crippen LogP contribution < -0.4 is 0 Å². The normalized spacial score (nSPS) is 14.7. The standard InChI is InChI=1S/C12H12INOS/c1-12(15,6-11-7-14-8-16-11)9-2-4-10(13)5-3-9/h2-5,7-8,15H,6H2,1H3. The fourth-order valence-electron chi connectivity index (χ4n) is 1.58. The minimum Gasteiger partial charge on any atom is -0.385 e. The van der Waals surface area contributed by atoms with Crippen molar-refractivity contribution in [1.82, 2.24) is 4.98 Å². The molecule has 1 heterocycles. The van der Waals surface area contributed by atoms with Gasteiger partial charge in [0.05, 0.1) is 11.1 Å². The van der Waals surface area contributed by atoms with Crippen molar-refractivity contribution in [3.05, 3.63) is 50.0 Å². The minimum atomic E-state index is -0.823. The molecule has 84 valence electrons. The Labute approximate surface area is 112 Å². The summed E-state index contributed by atoms with van der Waals surface area (Å²) in [6, 6.07) is 7.97. The van der Waals surface area contributed by atoms with Gasteiger partial charge in [-0.05, 0) is 47.2 Å². The van der Waals surface area contributed by atoms with Crippen molar-refractivity contribution in [2.45, 2.75) is 18.9 Å². The highest BCUT2D eigenvalue weighted by Crippen LogP contribution is 2.27. The average Bonchev–Trinajstić information content (AvgIpc) is 2.70. The van der Waals surface area contributed by atoms with Gasteiger partial charge >= 0.3 is 0 Å². The lowest BCUT2D eigenvalue weighted by atomic mass is 9.92. The number of halogens is 1. The number of aromatic nitrogens is 1. The smallest absolute Gasteiger partial charge is 0.0917 e. The molecule has 0 aliphatic rings. The maximum Gasteiger partial charge on any atom is 0.0917 e. The molecular formula is C12H12INOS. The number of benzene rings is 1. The Kier molecular flexibility index (Phi) is 3.61. The largest absolute Gasteiger partial charge is 0.385 e. The van der Waals surface area contributed by atoms with E-state index < -0.39 is 5.60 Å². The van der Waals surface area contributed by atoms with Gasteiger partial charge in [0, 0.05) is 21.1 Å². The highest BCUT2D eigenvalue weighted by atomic mass is 127. The fraction of sp³-hybridized carbons (Fsp3) is 0.250. The lowest BCUT2D eigenvalue weighted by Gasteiger charge is -2.23. The van der Waals surface area contributed by atoms with Crippen molar-refractivity contribution < 1.29 is 5.11 Å². The van der Waals surface area contributed by atoms with E-state index in [-0.39, 0.29) is 0 Å². The van der Waals surface area contributed by atoms with Crippen molar-refractivity contribution in [3.63, 3.8) is 0 Å². The van der Waals surface area contributed by atoms with E-state index in [4.69, 9.17) is 0 Å². The molecule has 0 amide bonds. The first kappa shape index (κ1) is 12.0. The first-order chi connectivity index (χ1) is 7.58. The quantitative estimate of drug-likeness (QED) is 0.867. The van der Waals surface area contributed by atoms with Gasteiger partial charge in [0.25, 0.3) is 0 Å². The predicted octanol–water partition coefficient (Wildman–Crippen LogP) is 3.20. The number of aliphatic hydroxyl groups is 1. The molecule has 0 fully saturated rings. The Morgan fingerprint density at radius 3 is 2.62 bits per heavy atom. The van der Waals surface area contributed by atoms with Crippen molar-refractivity contribution >= 4 is 33.9 Å². The molecule has 4 heteroatoms. The van der Waals surface area contributed by atoms with Crippen LogP contribution in [0.5, 0.6) is 0 Å². The Morgan fingerprint density at radius 2 is 2.06 bits per heavy atom. The van der Waals surface area contributed by atoms with Crippen LogP contribution in [0.2, 0.25) is 0 Å². The minimum absolute atomic E-state index is 0.609. The highest BCUT2D eigenvalue weighted by molar-refractivity contribution is 14.1. The molecule has 0 saturated heterocycles. The van der Waals surface area contributed by atoms with Crippen LogP contribution in [0.3, 0.4) is 0 Å². The molecule has 2 nitrogen and oxygen atoms in total. The molecule has 0 saturated carbocycles. The molecule has 0 aliphatic heterocycles. The third kappa shape index (κ3) is 2.81. The molecule has 0 spiro atoms. The predicted molar refractivity (Wildman–Crippen MR) is 74.5 cm³/mol. The van der Waals surface area contributed by atoms with E-state index in [1.807, 2.05) is 37.4 Å². The number of hydrogen-bond donors (Lipinski definition) is 1. The molecule has 0 aliphatic carbocycles. The summed E-state index contributed by atoms with van der Waals surface area (Å²) in [4.78, 5) is 5.12. The zero-order chi connectivity index (χ0) is 11.6. The van der Waals surface area contributed by atoms with E-state index in [2.05, 4.69) is 27.6 Å². The summed E-state index contributed by atoms with van der Waals surface area (Å²) in [5, 5.41) is 10.4. The zero-order valence-corrected chi connectivity index (χ0v) is 11.8. The topological polar surface area (TPSA) is 33.1 Å². The summed E-state index contributed by atoms with van der Waals surface area (Å²) >= 11 is 3.83. The van der Waals surface area contributed by atoms with E-state index in [0.717, 1.165) is 10.4 Å². The molecule has 0 radical (unpaired) electrons. The molecular weight excluding hydrogens is 333 g/mol. The first-order valence-corrected chi connectivity index (χ1v) is 6.89. The van der Waals surface area contributed by atoms with Crippen molar-refractivity contribution in [3.8, 4) is 0 Å². The second kappa shape index (κ2) is 4.81. The van der Waals surface area contributed by atoms with Gasteiger partial charge < -0.3 is 5.11 Å². The van der Waals surface area contributed by atoms with Gasteiger partial charge in [0.1, 0.15) is 0 Å². The molecule has 0 bridgehead atoms. The van der Waals surface area contributed by atoms with E-state index in [9.17, 15) is 5.11 Å². The van der Waals surface area contributed by atoms with E-state index in [0.29, 0.717) is 6.42 Å². The molecule has 16 heavy (non-hydrogen) atoms. The van der Waals surface area contributed by atoms with Gasteiger partial charge in [-0.25, -0.2) is 0 Å². The summed E-state index contributed by atoms with van der Waals surface area (Å²) < 4.78 is 1.18. The number of thiazole rings is 1. The van der Waals surface area contributed by atoms with Crippen LogP contribution in [0.4, 0.5) is 0 Å². The lowest BCUT2D eigenvalue weighted by molar-refractivity contribution is 0.0584. The van der Waals surface area contributed by atoms with E-state index >= 15 is 0 Å². The molecule has 1 atom stereocenters. The molecule has 1 unspecified atom stereocenters.